The van der Waals surface area contributed by atoms with Gasteiger partial charge in [0.15, 0.2) is 0 Å². The van der Waals surface area contributed by atoms with Crippen LogP contribution in [-0.2, 0) is 14.8 Å². The van der Waals surface area contributed by atoms with Crippen molar-refractivity contribution >= 4 is 27.3 Å². The van der Waals surface area contributed by atoms with Crippen LogP contribution in [0.4, 0.5) is 0 Å². The smallest absolute Gasteiger partial charge is 0.348 e. The minimum absolute atomic E-state index is 0.136. The van der Waals surface area contributed by atoms with Crippen LogP contribution in [0.3, 0.4) is 0 Å². The van der Waals surface area contributed by atoms with Gasteiger partial charge in [-0.25, -0.2) is 13.2 Å². The zero-order valence-corrected chi connectivity index (χ0v) is 13.1. The van der Waals surface area contributed by atoms with Crippen molar-refractivity contribution in [2.24, 2.45) is 0 Å². The van der Waals surface area contributed by atoms with Crippen molar-refractivity contribution in [2.75, 3.05) is 39.8 Å². The summed E-state index contributed by atoms with van der Waals surface area (Å²) in [7, 11) is -2.33. The van der Waals surface area contributed by atoms with E-state index in [1.54, 1.807) is 0 Å². The average molecular weight is 329 g/mol. The second-order valence-electron chi connectivity index (χ2n) is 4.45. The Morgan fingerprint density at radius 1 is 1.38 bits per heavy atom. The lowest BCUT2D eigenvalue weighted by atomic mass is 10.4. The predicted octanol–water partition coefficient (Wildman–Crippen LogP) is 0.365. The van der Waals surface area contributed by atoms with Gasteiger partial charge in [0.1, 0.15) is 9.09 Å². The highest BCUT2D eigenvalue weighted by molar-refractivity contribution is 7.91. The molecular formula is C12H15N3O4S2. The summed E-state index contributed by atoms with van der Waals surface area (Å²) in [6, 6.07) is 4.93. The molecule has 0 aromatic carbocycles. The SMILES string of the molecule is COC(=O)c1ccc(S(=O)(=O)N2CCN(CC#N)CC2)s1. The maximum Gasteiger partial charge on any atom is 0.348 e. The summed E-state index contributed by atoms with van der Waals surface area (Å²) in [5, 5.41) is 8.63. The summed E-state index contributed by atoms with van der Waals surface area (Å²) in [6.45, 7) is 2.05. The van der Waals surface area contributed by atoms with Gasteiger partial charge in [-0.1, -0.05) is 0 Å². The van der Waals surface area contributed by atoms with Crippen LogP contribution in [0, 0.1) is 11.3 Å². The molecule has 1 saturated heterocycles. The Morgan fingerprint density at radius 3 is 2.62 bits per heavy atom. The van der Waals surface area contributed by atoms with E-state index in [0.29, 0.717) is 32.7 Å². The van der Waals surface area contributed by atoms with E-state index in [9.17, 15) is 13.2 Å². The summed E-state index contributed by atoms with van der Waals surface area (Å²) in [5.41, 5.74) is 0. The van der Waals surface area contributed by atoms with Crippen LogP contribution >= 0.6 is 11.3 Å². The normalized spacial score (nSPS) is 17.3. The maximum atomic E-state index is 12.5. The number of carbonyl (C=O) groups is 1. The number of hydrogen-bond donors (Lipinski definition) is 0. The molecule has 2 rings (SSSR count). The number of piperazine rings is 1. The maximum absolute atomic E-state index is 12.5. The minimum atomic E-state index is -3.59. The summed E-state index contributed by atoms with van der Waals surface area (Å²) < 4.78 is 31.0. The largest absolute Gasteiger partial charge is 0.465 e. The third-order valence-electron chi connectivity index (χ3n) is 3.19. The first-order chi connectivity index (χ1) is 9.98. The van der Waals surface area contributed by atoms with Gasteiger partial charge in [0, 0.05) is 26.2 Å². The first-order valence-electron chi connectivity index (χ1n) is 6.26. The molecule has 0 atom stereocenters. The van der Waals surface area contributed by atoms with Gasteiger partial charge in [-0.2, -0.15) is 9.57 Å². The zero-order chi connectivity index (χ0) is 15.5. The Kier molecular flexibility index (Phi) is 4.95. The van der Waals surface area contributed by atoms with Crippen LogP contribution in [0.1, 0.15) is 9.67 Å². The van der Waals surface area contributed by atoms with E-state index in [1.807, 2.05) is 4.90 Å². The van der Waals surface area contributed by atoms with Crippen molar-refractivity contribution < 1.29 is 17.9 Å². The molecule has 1 fully saturated rings. The first-order valence-corrected chi connectivity index (χ1v) is 8.52. The van der Waals surface area contributed by atoms with Gasteiger partial charge < -0.3 is 4.74 Å². The average Bonchev–Trinajstić information content (AvgIpc) is 2.98. The number of carbonyl (C=O) groups excluding carboxylic acids is 1. The molecular weight excluding hydrogens is 314 g/mol. The number of ether oxygens (including phenoxy) is 1. The first kappa shape index (κ1) is 15.9. The van der Waals surface area contributed by atoms with Crippen molar-refractivity contribution in [3.05, 3.63) is 17.0 Å². The molecule has 0 radical (unpaired) electrons. The van der Waals surface area contributed by atoms with Gasteiger partial charge in [-0.05, 0) is 12.1 Å². The molecule has 114 valence electrons. The fourth-order valence-electron chi connectivity index (χ4n) is 2.02. The molecule has 1 aromatic heterocycles. The van der Waals surface area contributed by atoms with E-state index in [4.69, 9.17) is 5.26 Å². The number of nitriles is 1. The molecule has 2 heterocycles. The van der Waals surface area contributed by atoms with Gasteiger partial charge in [0.05, 0.1) is 19.7 Å². The highest BCUT2D eigenvalue weighted by Crippen LogP contribution is 2.26. The molecule has 9 heteroatoms. The third kappa shape index (κ3) is 3.41. The van der Waals surface area contributed by atoms with Crippen molar-refractivity contribution in [3.63, 3.8) is 0 Å². The van der Waals surface area contributed by atoms with Crippen LogP contribution in [-0.4, -0.2) is 63.4 Å². The Labute approximate surface area is 127 Å². The van der Waals surface area contributed by atoms with Crippen LogP contribution in [0.2, 0.25) is 0 Å². The minimum Gasteiger partial charge on any atom is -0.465 e. The molecule has 1 aliphatic heterocycles. The summed E-state index contributed by atoms with van der Waals surface area (Å²) >= 11 is 0.907. The van der Waals surface area contributed by atoms with Crippen LogP contribution in [0.15, 0.2) is 16.3 Å². The number of hydrogen-bond acceptors (Lipinski definition) is 7. The quantitative estimate of drug-likeness (QED) is 0.585. The molecule has 0 aliphatic carbocycles. The number of esters is 1. The van der Waals surface area contributed by atoms with Crippen LogP contribution in [0.5, 0.6) is 0 Å². The predicted molar refractivity (Wildman–Crippen MR) is 76.5 cm³/mol. The lowest BCUT2D eigenvalue weighted by molar-refractivity contribution is 0.0606. The number of sulfonamides is 1. The highest BCUT2D eigenvalue weighted by atomic mass is 32.2. The Bertz CT molecular complexity index is 654. The molecule has 0 spiro atoms. The van der Waals surface area contributed by atoms with E-state index < -0.39 is 16.0 Å². The fraction of sp³-hybridized carbons (Fsp3) is 0.500. The summed E-state index contributed by atoms with van der Waals surface area (Å²) in [6.07, 6.45) is 0. The van der Waals surface area contributed by atoms with Gasteiger partial charge in [-0.15, -0.1) is 11.3 Å². The van der Waals surface area contributed by atoms with Crippen molar-refractivity contribution in [1.29, 1.82) is 5.26 Å². The monoisotopic (exact) mass is 329 g/mol. The Morgan fingerprint density at radius 2 is 2.05 bits per heavy atom. The number of nitrogens with zero attached hydrogens (tertiary/aromatic N) is 3. The zero-order valence-electron chi connectivity index (χ0n) is 11.5. The molecule has 0 N–H and O–H groups in total. The summed E-state index contributed by atoms with van der Waals surface area (Å²) in [4.78, 5) is 13.6. The molecule has 7 nitrogen and oxygen atoms in total. The van der Waals surface area contributed by atoms with Crippen molar-refractivity contribution in [2.45, 2.75) is 4.21 Å². The molecule has 0 amide bonds. The summed E-state index contributed by atoms with van der Waals surface area (Å²) in [5.74, 6) is -0.541. The number of thiophene rings is 1. The van der Waals surface area contributed by atoms with Gasteiger partial charge >= 0.3 is 5.97 Å². The second kappa shape index (κ2) is 6.53. The number of rotatable bonds is 4. The molecule has 0 saturated carbocycles. The molecule has 0 unspecified atom stereocenters. The number of methoxy groups -OCH3 is 1. The van der Waals surface area contributed by atoms with E-state index in [1.165, 1.54) is 23.5 Å². The standard InChI is InChI=1S/C12H15N3O4S2/c1-19-12(16)10-2-3-11(20-10)21(17,18)15-8-6-14(5-4-13)7-9-15/h2-3H,5-9H2,1H3. The molecule has 0 bridgehead atoms. The van der Waals surface area contributed by atoms with Crippen LogP contribution < -0.4 is 0 Å². The van der Waals surface area contributed by atoms with Gasteiger partial charge in [0.25, 0.3) is 10.0 Å². The Balaban J connectivity index is 2.11. The second-order valence-corrected chi connectivity index (χ2v) is 7.70. The van der Waals surface area contributed by atoms with Crippen molar-refractivity contribution in [1.82, 2.24) is 9.21 Å². The van der Waals surface area contributed by atoms with E-state index in [-0.39, 0.29) is 9.09 Å². The van der Waals surface area contributed by atoms with E-state index >= 15 is 0 Å². The fourth-order valence-corrected chi connectivity index (χ4v) is 4.83. The molecule has 1 aromatic rings. The Hall–Kier alpha value is -1.47. The third-order valence-corrected chi connectivity index (χ3v) is 6.62. The highest BCUT2D eigenvalue weighted by Gasteiger charge is 2.30. The van der Waals surface area contributed by atoms with Crippen molar-refractivity contribution in [3.8, 4) is 6.07 Å². The van der Waals surface area contributed by atoms with E-state index in [2.05, 4.69) is 10.8 Å². The van der Waals surface area contributed by atoms with Gasteiger partial charge in [0.2, 0.25) is 0 Å². The topological polar surface area (TPSA) is 90.7 Å². The lowest BCUT2D eigenvalue weighted by Crippen LogP contribution is -2.48. The molecule has 21 heavy (non-hydrogen) atoms. The van der Waals surface area contributed by atoms with Crippen LogP contribution in [0.25, 0.3) is 0 Å². The lowest BCUT2D eigenvalue weighted by Gasteiger charge is -2.32. The molecule has 1 aliphatic rings. The van der Waals surface area contributed by atoms with E-state index in [0.717, 1.165) is 11.3 Å². The van der Waals surface area contributed by atoms with Gasteiger partial charge in [-0.3, -0.25) is 4.90 Å².